The van der Waals surface area contributed by atoms with E-state index in [0.29, 0.717) is 18.9 Å². The summed E-state index contributed by atoms with van der Waals surface area (Å²) in [6.45, 7) is 0.596. The van der Waals surface area contributed by atoms with Crippen molar-refractivity contribution in [2.24, 2.45) is 0 Å². The van der Waals surface area contributed by atoms with E-state index in [1.807, 2.05) is 71.6 Å². The molecular formula is C23H24F3N5O. The van der Waals surface area contributed by atoms with Gasteiger partial charge in [0.25, 0.3) is 0 Å². The number of nitrogens with one attached hydrogen (secondary N) is 1. The summed E-state index contributed by atoms with van der Waals surface area (Å²) in [7, 11) is 0. The highest BCUT2D eigenvalue weighted by Gasteiger charge is 2.32. The Morgan fingerprint density at radius 2 is 1.50 bits per heavy atom. The SMILES string of the molecule is O=C(CN1CCN(CC(F)(F)F)CC1)Nc1cc(-c2ccccc2)nn1-c1ccccc1. The minimum absolute atomic E-state index is 0.112. The number of carbonyl (C=O) groups is 1. The maximum atomic E-state index is 12.7. The second-order valence-corrected chi connectivity index (χ2v) is 7.74. The van der Waals surface area contributed by atoms with Crippen LogP contribution in [-0.2, 0) is 4.79 Å². The fraction of sp³-hybridized carbons (Fsp3) is 0.304. The predicted molar refractivity (Wildman–Crippen MR) is 117 cm³/mol. The Bertz CT molecular complexity index is 1030. The maximum Gasteiger partial charge on any atom is 0.401 e. The highest BCUT2D eigenvalue weighted by Crippen LogP contribution is 2.25. The summed E-state index contributed by atoms with van der Waals surface area (Å²) in [5.41, 5.74) is 2.47. The fourth-order valence-electron chi connectivity index (χ4n) is 3.73. The fourth-order valence-corrected chi connectivity index (χ4v) is 3.73. The van der Waals surface area contributed by atoms with Crippen molar-refractivity contribution >= 4 is 11.7 Å². The van der Waals surface area contributed by atoms with Crippen molar-refractivity contribution in [2.75, 3.05) is 44.6 Å². The molecule has 0 atom stereocenters. The zero-order valence-corrected chi connectivity index (χ0v) is 17.4. The predicted octanol–water partition coefficient (Wildman–Crippen LogP) is 3.66. The molecule has 6 nitrogen and oxygen atoms in total. The zero-order chi connectivity index (χ0) is 22.6. The number of anilines is 1. The largest absolute Gasteiger partial charge is 0.401 e. The van der Waals surface area contributed by atoms with E-state index in [-0.39, 0.29) is 25.5 Å². The van der Waals surface area contributed by atoms with E-state index in [2.05, 4.69) is 10.4 Å². The van der Waals surface area contributed by atoms with Gasteiger partial charge in [0.15, 0.2) is 0 Å². The van der Waals surface area contributed by atoms with Gasteiger partial charge in [-0.1, -0.05) is 48.5 Å². The number of piperazine rings is 1. The van der Waals surface area contributed by atoms with Crippen LogP contribution in [0.25, 0.3) is 16.9 Å². The second-order valence-electron chi connectivity index (χ2n) is 7.74. The van der Waals surface area contributed by atoms with E-state index in [1.54, 1.807) is 4.68 Å². The molecule has 1 amide bonds. The van der Waals surface area contributed by atoms with Crippen LogP contribution >= 0.6 is 0 Å². The van der Waals surface area contributed by atoms with Gasteiger partial charge in [-0.3, -0.25) is 14.6 Å². The van der Waals surface area contributed by atoms with Crippen LogP contribution in [0.15, 0.2) is 66.7 Å². The zero-order valence-electron chi connectivity index (χ0n) is 17.4. The van der Waals surface area contributed by atoms with E-state index in [4.69, 9.17) is 0 Å². The Labute approximate surface area is 184 Å². The first-order valence-electron chi connectivity index (χ1n) is 10.4. The molecule has 3 aromatic rings. The van der Waals surface area contributed by atoms with Crippen molar-refractivity contribution in [2.45, 2.75) is 6.18 Å². The summed E-state index contributed by atoms with van der Waals surface area (Å²) in [6.07, 6.45) is -4.20. The molecule has 1 saturated heterocycles. The summed E-state index contributed by atoms with van der Waals surface area (Å²) in [5.74, 6) is 0.307. The molecule has 9 heteroatoms. The Hall–Kier alpha value is -3.17. The van der Waals surface area contributed by atoms with Gasteiger partial charge in [0.2, 0.25) is 5.91 Å². The molecule has 1 aliphatic rings. The molecule has 4 rings (SSSR count). The Kier molecular flexibility index (Phi) is 6.57. The molecule has 0 bridgehead atoms. The minimum atomic E-state index is -4.20. The van der Waals surface area contributed by atoms with Gasteiger partial charge in [-0.05, 0) is 12.1 Å². The third kappa shape index (κ3) is 5.74. The molecule has 2 heterocycles. The van der Waals surface area contributed by atoms with Crippen molar-refractivity contribution in [3.63, 3.8) is 0 Å². The molecule has 1 aliphatic heterocycles. The maximum absolute atomic E-state index is 12.7. The average molecular weight is 443 g/mol. The first-order chi connectivity index (χ1) is 15.4. The lowest BCUT2D eigenvalue weighted by Gasteiger charge is -2.34. The summed E-state index contributed by atoms with van der Waals surface area (Å²) in [5, 5.41) is 7.59. The van der Waals surface area contributed by atoms with Crippen LogP contribution in [0.4, 0.5) is 19.0 Å². The summed E-state index contributed by atoms with van der Waals surface area (Å²) in [6, 6.07) is 21.0. The van der Waals surface area contributed by atoms with Gasteiger partial charge >= 0.3 is 6.18 Å². The third-order valence-electron chi connectivity index (χ3n) is 5.28. The third-order valence-corrected chi connectivity index (χ3v) is 5.28. The molecule has 0 aliphatic carbocycles. The number of para-hydroxylation sites is 1. The van der Waals surface area contributed by atoms with Gasteiger partial charge in [-0.2, -0.15) is 18.3 Å². The van der Waals surface area contributed by atoms with Crippen LogP contribution in [0.1, 0.15) is 0 Å². The summed E-state index contributed by atoms with van der Waals surface area (Å²) < 4.78 is 39.4. The first kappa shape index (κ1) is 22.0. The molecule has 1 N–H and O–H groups in total. The normalized spacial score (nSPS) is 15.6. The van der Waals surface area contributed by atoms with Gasteiger partial charge in [0.05, 0.1) is 24.5 Å². The van der Waals surface area contributed by atoms with Crippen molar-refractivity contribution in [3.05, 3.63) is 66.7 Å². The van der Waals surface area contributed by atoms with Crippen LogP contribution in [0.2, 0.25) is 0 Å². The number of amides is 1. The number of rotatable bonds is 6. The molecule has 2 aromatic carbocycles. The standard InChI is InChI=1S/C23H24F3N5O/c24-23(25,26)17-30-13-11-29(12-14-30)16-22(32)27-21-15-20(18-7-3-1-4-8-18)28-31(21)19-9-5-2-6-10-19/h1-10,15H,11-14,16-17H2,(H,27,32). The number of halogens is 3. The lowest BCUT2D eigenvalue weighted by molar-refractivity contribution is -0.149. The quantitative estimate of drug-likeness (QED) is 0.632. The number of nitrogens with zero attached hydrogens (tertiary/aromatic N) is 4. The highest BCUT2D eigenvalue weighted by atomic mass is 19.4. The lowest BCUT2D eigenvalue weighted by Crippen LogP contribution is -2.50. The molecule has 1 aromatic heterocycles. The van der Waals surface area contributed by atoms with Crippen molar-refractivity contribution in [1.29, 1.82) is 0 Å². The second kappa shape index (κ2) is 9.54. The summed E-state index contributed by atoms with van der Waals surface area (Å²) >= 11 is 0. The highest BCUT2D eigenvalue weighted by molar-refractivity contribution is 5.92. The molecule has 0 spiro atoms. The van der Waals surface area contributed by atoms with Gasteiger partial charge in [0, 0.05) is 37.8 Å². The Morgan fingerprint density at radius 1 is 0.906 bits per heavy atom. The molecule has 0 unspecified atom stereocenters. The van der Waals surface area contributed by atoms with Crippen LogP contribution in [0.5, 0.6) is 0 Å². The van der Waals surface area contributed by atoms with Crippen LogP contribution in [-0.4, -0.2) is 70.9 Å². The van der Waals surface area contributed by atoms with Gasteiger partial charge in [0.1, 0.15) is 5.82 Å². The van der Waals surface area contributed by atoms with E-state index in [1.165, 1.54) is 4.90 Å². The number of aromatic nitrogens is 2. The number of hydrogen-bond donors (Lipinski definition) is 1. The van der Waals surface area contributed by atoms with E-state index >= 15 is 0 Å². The Balaban J connectivity index is 1.44. The minimum Gasteiger partial charge on any atom is -0.309 e. The number of benzene rings is 2. The van der Waals surface area contributed by atoms with Crippen molar-refractivity contribution in [1.82, 2.24) is 19.6 Å². The monoisotopic (exact) mass is 443 g/mol. The van der Waals surface area contributed by atoms with E-state index < -0.39 is 12.7 Å². The smallest absolute Gasteiger partial charge is 0.309 e. The summed E-state index contributed by atoms with van der Waals surface area (Å²) in [4.78, 5) is 16.0. The topological polar surface area (TPSA) is 53.4 Å². The molecule has 0 radical (unpaired) electrons. The molecule has 168 valence electrons. The van der Waals surface area contributed by atoms with Crippen LogP contribution in [0, 0.1) is 0 Å². The number of alkyl halides is 3. The van der Waals surface area contributed by atoms with Gasteiger partial charge in [-0.15, -0.1) is 0 Å². The van der Waals surface area contributed by atoms with E-state index in [0.717, 1.165) is 16.9 Å². The van der Waals surface area contributed by atoms with Crippen molar-refractivity contribution in [3.8, 4) is 16.9 Å². The Morgan fingerprint density at radius 3 is 2.12 bits per heavy atom. The molecule has 32 heavy (non-hydrogen) atoms. The van der Waals surface area contributed by atoms with Gasteiger partial charge in [-0.25, -0.2) is 4.68 Å². The number of carbonyl (C=O) groups excluding carboxylic acids is 1. The van der Waals surface area contributed by atoms with E-state index in [9.17, 15) is 18.0 Å². The molecular weight excluding hydrogens is 419 g/mol. The molecule has 0 saturated carbocycles. The number of hydrogen-bond acceptors (Lipinski definition) is 4. The molecule has 1 fully saturated rings. The van der Waals surface area contributed by atoms with Crippen LogP contribution < -0.4 is 5.32 Å². The van der Waals surface area contributed by atoms with Gasteiger partial charge < -0.3 is 5.32 Å². The van der Waals surface area contributed by atoms with Crippen molar-refractivity contribution < 1.29 is 18.0 Å². The van der Waals surface area contributed by atoms with Crippen LogP contribution in [0.3, 0.4) is 0 Å². The average Bonchev–Trinajstić information content (AvgIpc) is 3.19. The lowest BCUT2D eigenvalue weighted by atomic mass is 10.1. The first-order valence-corrected chi connectivity index (χ1v) is 10.4.